The highest BCUT2D eigenvalue weighted by atomic mass is 32.2. The fourth-order valence-electron chi connectivity index (χ4n) is 2.47. The van der Waals surface area contributed by atoms with Crippen molar-refractivity contribution in [2.75, 3.05) is 0 Å². The fourth-order valence-corrected chi connectivity index (χ4v) is 4.19. The summed E-state index contributed by atoms with van der Waals surface area (Å²) in [4.78, 5) is 10.8. The third-order valence-electron chi connectivity index (χ3n) is 3.66. The average molecular weight is 282 g/mol. The zero-order chi connectivity index (χ0) is 14.0. The van der Waals surface area contributed by atoms with Crippen LogP contribution >= 0.6 is 0 Å². The highest BCUT2D eigenvalue weighted by molar-refractivity contribution is 7.85. The van der Waals surface area contributed by atoms with Crippen molar-refractivity contribution in [3.8, 4) is 0 Å². The number of nitrogens with two attached hydrogens (primary N) is 1. The quantitative estimate of drug-likeness (QED) is 0.680. The Bertz CT molecular complexity index is 489. The molecular formula is C13H18N2O3S. The van der Waals surface area contributed by atoms with Gasteiger partial charge in [0.15, 0.2) is 0 Å². The Morgan fingerprint density at radius 3 is 2.53 bits per heavy atom. The van der Waals surface area contributed by atoms with E-state index in [2.05, 4.69) is 6.92 Å². The monoisotopic (exact) mass is 282 g/mol. The predicted molar refractivity (Wildman–Crippen MR) is 74.3 cm³/mol. The molecule has 0 radical (unpaired) electrons. The summed E-state index contributed by atoms with van der Waals surface area (Å²) in [7, 11) is -1.19. The summed E-state index contributed by atoms with van der Waals surface area (Å²) < 4.78 is 12.5. The first kappa shape index (κ1) is 14.1. The van der Waals surface area contributed by atoms with Crippen molar-refractivity contribution in [3.63, 3.8) is 0 Å². The van der Waals surface area contributed by atoms with Crippen LogP contribution in [0.1, 0.15) is 26.2 Å². The highest BCUT2D eigenvalue weighted by Gasteiger charge is 2.31. The summed E-state index contributed by atoms with van der Waals surface area (Å²) >= 11 is 0. The van der Waals surface area contributed by atoms with E-state index in [0.29, 0.717) is 10.8 Å². The topological polar surface area (TPSA) is 86.2 Å². The molecule has 1 saturated carbocycles. The number of benzene rings is 1. The van der Waals surface area contributed by atoms with E-state index in [-0.39, 0.29) is 17.0 Å². The Labute approximate surface area is 114 Å². The summed E-state index contributed by atoms with van der Waals surface area (Å²) in [5.41, 5.74) is 6.07. The SMILES string of the molecule is CC1CCC(N)C(S(=O)c2ccc([N+](=O)[O-])cc2)C1. The summed E-state index contributed by atoms with van der Waals surface area (Å²) in [5.74, 6) is 0.534. The first-order valence-corrected chi connectivity index (χ1v) is 7.61. The molecule has 2 N–H and O–H groups in total. The number of hydrogen-bond acceptors (Lipinski definition) is 4. The van der Waals surface area contributed by atoms with Crippen molar-refractivity contribution in [2.45, 2.75) is 42.4 Å². The number of hydrogen-bond donors (Lipinski definition) is 1. The molecule has 19 heavy (non-hydrogen) atoms. The summed E-state index contributed by atoms with van der Waals surface area (Å²) in [6.07, 6.45) is 2.82. The van der Waals surface area contributed by atoms with Crippen LogP contribution in [-0.4, -0.2) is 20.4 Å². The Morgan fingerprint density at radius 1 is 1.32 bits per heavy atom. The molecular weight excluding hydrogens is 264 g/mol. The lowest BCUT2D eigenvalue weighted by molar-refractivity contribution is -0.384. The zero-order valence-corrected chi connectivity index (χ0v) is 11.6. The number of rotatable bonds is 3. The number of nitro benzene ring substituents is 1. The second-order valence-electron chi connectivity index (χ2n) is 5.17. The van der Waals surface area contributed by atoms with Crippen molar-refractivity contribution in [3.05, 3.63) is 34.4 Å². The molecule has 0 spiro atoms. The maximum absolute atomic E-state index is 12.5. The third kappa shape index (κ3) is 3.19. The van der Waals surface area contributed by atoms with E-state index in [4.69, 9.17) is 5.73 Å². The van der Waals surface area contributed by atoms with Crippen LogP contribution in [0.5, 0.6) is 0 Å². The summed E-state index contributed by atoms with van der Waals surface area (Å²) in [6.45, 7) is 2.14. The second kappa shape index (κ2) is 5.79. The zero-order valence-electron chi connectivity index (χ0n) is 10.8. The Balaban J connectivity index is 2.16. The van der Waals surface area contributed by atoms with Gasteiger partial charge in [-0.3, -0.25) is 14.3 Å². The lowest BCUT2D eigenvalue weighted by Crippen LogP contribution is -2.42. The number of nitro groups is 1. The normalized spacial score (nSPS) is 28.8. The summed E-state index contributed by atoms with van der Waals surface area (Å²) in [5, 5.41) is 10.5. The molecule has 6 heteroatoms. The molecule has 1 fully saturated rings. The molecule has 2 rings (SSSR count). The number of non-ortho nitro benzene ring substituents is 1. The maximum Gasteiger partial charge on any atom is 0.269 e. The first-order valence-electron chi connectivity index (χ1n) is 6.39. The molecule has 0 aromatic heterocycles. The van der Waals surface area contributed by atoms with Crippen molar-refractivity contribution < 1.29 is 9.13 Å². The molecule has 0 heterocycles. The van der Waals surface area contributed by atoms with E-state index in [1.165, 1.54) is 12.1 Å². The van der Waals surface area contributed by atoms with E-state index < -0.39 is 15.7 Å². The van der Waals surface area contributed by atoms with Gasteiger partial charge in [0, 0.05) is 23.1 Å². The Hall–Kier alpha value is -1.27. The fraction of sp³-hybridized carbons (Fsp3) is 0.538. The van der Waals surface area contributed by atoms with Crippen LogP contribution in [0.25, 0.3) is 0 Å². The van der Waals surface area contributed by atoms with E-state index in [9.17, 15) is 14.3 Å². The molecule has 104 valence electrons. The van der Waals surface area contributed by atoms with Gasteiger partial charge in [-0.25, -0.2) is 0 Å². The largest absolute Gasteiger partial charge is 0.327 e. The van der Waals surface area contributed by atoms with Gasteiger partial charge in [-0.05, 0) is 37.3 Å². The second-order valence-corrected chi connectivity index (χ2v) is 6.84. The maximum atomic E-state index is 12.5. The summed E-state index contributed by atoms with van der Waals surface area (Å²) in [6, 6.07) is 5.88. The van der Waals surface area contributed by atoms with Gasteiger partial charge in [-0.1, -0.05) is 6.92 Å². The van der Waals surface area contributed by atoms with Crippen LogP contribution in [0, 0.1) is 16.0 Å². The minimum absolute atomic E-state index is 0.0158. The van der Waals surface area contributed by atoms with Crippen LogP contribution in [0.2, 0.25) is 0 Å². The van der Waals surface area contributed by atoms with Crippen LogP contribution < -0.4 is 5.73 Å². The van der Waals surface area contributed by atoms with Gasteiger partial charge in [0.2, 0.25) is 0 Å². The molecule has 1 aromatic rings. The molecule has 0 saturated heterocycles. The van der Waals surface area contributed by atoms with Gasteiger partial charge < -0.3 is 5.73 Å². The molecule has 0 amide bonds. The van der Waals surface area contributed by atoms with Crippen LogP contribution in [-0.2, 0) is 10.8 Å². The third-order valence-corrected chi connectivity index (χ3v) is 5.49. The van der Waals surface area contributed by atoms with Gasteiger partial charge in [0.05, 0.1) is 21.0 Å². The van der Waals surface area contributed by atoms with Gasteiger partial charge >= 0.3 is 0 Å². The van der Waals surface area contributed by atoms with Crippen LogP contribution in [0.3, 0.4) is 0 Å². The van der Waals surface area contributed by atoms with E-state index in [1.54, 1.807) is 12.1 Å². The first-order chi connectivity index (χ1) is 8.99. The molecule has 4 atom stereocenters. The van der Waals surface area contributed by atoms with Crippen molar-refractivity contribution in [1.82, 2.24) is 0 Å². The van der Waals surface area contributed by atoms with Gasteiger partial charge in [0.1, 0.15) is 0 Å². The lowest BCUT2D eigenvalue weighted by Gasteiger charge is -2.31. The van der Waals surface area contributed by atoms with Gasteiger partial charge in [-0.2, -0.15) is 0 Å². The Morgan fingerprint density at radius 2 is 1.95 bits per heavy atom. The van der Waals surface area contributed by atoms with E-state index in [0.717, 1.165) is 19.3 Å². The number of nitrogens with zero attached hydrogens (tertiary/aromatic N) is 1. The van der Waals surface area contributed by atoms with Crippen molar-refractivity contribution in [1.29, 1.82) is 0 Å². The molecule has 1 aliphatic carbocycles. The predicted octanol–water partition coefficient (Wildman–Crippen LogP) is 2.22. The minimum atomic E-state index is -1.19. The molecule has 4 unspecified atom stereocenters. The standard InChI is InChI=1S/C13H18N2O3S/c1-9-2-7-12(14)13(8-9)19(18)11-5-3-10(4-6-11)15(16)17/h3-6,9,12-13H,2,7-8,14H2,1H3. The van der Waals surface area contributed by atoms with Gasteiger partial charge in [0.25, 0.3) is 5.69 Å². The average Bonchev–Trinajstić information content (AvgIpc) is 2.41. The van der Waals surface area contributed by atoms with Crippen LogP contribution in [0.15, 0.2) is 29.2 Å². The molecule has 0 aliphatic heterocycles. The Kier molecular flexibility index (Phi) is 4.31. The van der Waals surface area contributed by atoms with Gasteiger partial charge in [-0.15, -0.1) is 0 Å². The highest BCUT2D eigenvalue weighted by Crippen LogP contribution is 2.29. The van der Waals surface area contributed by atoms with E-state index in [1.807, 2.05) is 0 Å². The van der Waals surface area contributed by atoms with E-state index >= 15 is 0 Å². The molecule has 1 aromatic carbocycles. The van der Waals surface area contributed by atoms with Crippen molar-refractivity contribution in [2.24, 2.45) is 11.7 Å². The molecule has 5 nitrogen and oxygen atoms in total. The van der Waals surface area contributed by atoms with Crippen molar-refractivity contribution >= 4 is 16.5 Å². The molecule has 1 aliphatic rings. The lowest BCUT2D eigenvalue weighted by atomic mass is 9.87. The molecule has 0 bridgehead atoms. The van der Waals surface area contributed by atoms with Crippen LogP contribution in [0.4, 0.5) is 5.69 Å². The minimum Gasteiger partial charge on any atom is -0.327 e. The smallest absolute Gasteiger partial charge is 0.269 e.